The summed E-state index contributed by atoms with van der Waals surface area (Å²) in [7, 11) is 2.98. The molecule has 0 amide bonds. The molecule has 1 saturated carbocycles. The molecule has 0 radical (unpaired) electrons. The van der Waals surface area contributed by atoms with Gasteiger partial charge in [0.1, 0.15) is 5.75 Å². The van der Waals surface area contributed by atoms with Crippen molar-refractivity contribution in [2.45, 2.75) is 24.8 Å². The van der Waals surface area contributed by atoms with Crippen LogP contribution in [-0.4, -0.2) is 19.8 Å². The molecule has 0 unspecified atom stereocenters. The Balaban J connectivity index is 2.33. The highest BCUT2D eigenvalue weighted by atomic mass is 19.1. The van der Waals surface area contributed by atoms with Crippen molar-refractivity contribution in [1.29, 1.82) is 0 Å². The van der Waals surface area contributed by atoms with Gasteiger partial charge < -0.3 is 15.2 Å². The summed E-state index contributed by atoms with van der Waals surface area (Å²) in [5.74, 6) is 0.361. The van der Waals surface area contributed by atoms with Crippen molar-refractivity contribution < 1.29 is 13.9 Å². The van der Waals surface area contributed by atoms with Gasteiger partial charge in [-0.3, -0.25) is 0 Å². The SMILES string of the molecule is COc1cc(CC2(N)CC2)c(OC)cc1F. The Labute approximate surface area is 94.3 Å². The fourth-order valence-corrected chi connectivity index (χ4v) is 1.78. The number of hydrogen-bond acceptors (Lipinski definition) is 3. The topological polar surface area (TPSA) is 44.5 Å². The normalized spacial score (nSPS) is 17.0. The molecule has 1 aliphatic carbocycles. The molecule has 3 nitrogen and oxygen atoms in total. The zero-order valence-electron chi connectivity index (χ0n) is 9.55. The second-order valence-electron chi connectivity index (χ2n) is 4.34. The Morgan fingerprint density at radius 1 is 1.25 bits per heavy atom. The predicted octanol–water partition coefficient (Wildman–Crippen LogP) is 1.88. The molecule has 88 valence electrons. The van der Waals surface area contributed by atoms with Crippen LogP contribution < -0.4 is 15.2 Å². The Hall–Kier alpha value is -1.29. The van der Waals surface area contributed by atoms with E-state index in [-0.39, 0.29) is 11.3 Å². The number of ether oxygens (including phenoxy) is 2. The largest absolute Gasteiger partial charge is 0.496 e. The van der Waals surface area contributed by atoms with E-state index in [1.165, 1.54) is 20.3 Å². The Morgan fingerprint density at radius 3 is 2.38 bits per heavy atom. The molecular weight excluding hydrogens is 209 g/mol. The Kier molecular flexibility index (Phi) is 2.76. The molecule has 0 atom stereocenters. The van der Waals surface area contributed by atoms with E-state index in [2.05, 4.69) is 0 Å². The summed E-state index contributed by atoms with van der Waals surface area (Å²) in [5.41, 5.74) is 6.82. The molecule has 1 aromatic carbocycles. The third-order valence-corrected chi connectivity index (χ3v) is 2.99. The zero-order valence-corrected chi connectivity index (χ0v) is 9.55. The van der Waals surface area contributed by atoms with Crippen LogP contribution in [0.1, 0.15) is 18.4 Å². The zero-order chi connectivity index (χ0) is 11.8. The molecule has 4 heteroatoms. The third kappa shape index (κ3) is 2.11. The van der Waals surface area contributed by atoms with Crippen molar-refractivity contribution in [3.63, 3.8) is 0 Å². The highest BCUT2D eigenvalue weighted by molar-refractivity contribution is 5.43. The number of halogens is 1. The summed E-state index contributed by atoms with van der Waals surface area (Å²) < 4.78 is 23.5. The molecule has 0 aliphatic heterocycles. The summed E-state index contributed by atoms with van der Waals surface area (Å²) in [6, 6.07) is 3.01. The smallest absolute Gasteiger partial charge is 0.168 e. The minimum atomic E-state index is -0.412. The van der Waals surface area contributed by atoms with Crippen molar-refractivity contribution in [2.75, 3.05) is 14.2 Å². The molecule has 1 aromatic rings. The Bertz CT molecular complexity index is 402. The van der Waals surface area contributed by atoms with Crippen molar-refractivity contribution in [2.24, 2.45) is 5.73 Å². The van der Waals surface area contributed by atoms with Gasteiger partial charge in [0.25, 0.3) is 0 Å². The lowest BCUT2D eigenvalue weighted by molar-refractivity contribution is 0.373. The van der Waals surface area contributed by atoms with E-state index >= 15 is 0 Å². The molecule has 1 fully saturated rings. The average Bonchev–Trinajstić information content (AvgIpc) is 2.98. The first-order valence-electron chi connectivity index (χ1n) is 5.27. The molecule has 0 saturated heterocycles. The number of methoxy groups -OCH3 is 2. The first-order chi connectivity index (χ1) is 7.58. The lowest BCUT2D eigenvalue weighted by Gasteiger charge is -2.14. The van der Waals surface area contributed by atoms with E-state index in [1.54, 1.807) is 6.07 Å². The molecule has 0 spiro atoms. The summed E-state index contributed by atoms with van der Waals surface area (Å²) in [6.45, 7) is 0. The summed E-state index contributed by atoms with van der Waals surface area (Å²) in [6.07, 6.45) is 2.72. The van der Waals surface area contributed by atoms with Crippen molar-refractivity contribution in [3.05, 3.63) is 23.5 Å². The lowest BCUT2D eigenvalue weighted by atomic mass is 10.0. The standard InChI is InChI=1S/C12H16FNO2/c1-15-10-6-9(13)11(16-2)5-8(10)7-12(14)3-4-12/h5-6H,3-4,7,14H2,1-2H3. The van der Waals surface area contributed by atoms with Crippen LogP contribution in [0.2, 0.25) is 0 Å². The third-order valence-electron chi connectivity index (χ3n) is 2.99. The first kappa shape index (κ1) is 11.2. The van der Waals surface area contributed by atoms with Crippen LogP contribution in [0.3, 0.4) is 0 Å². The molecule has 1 aliphatic rings. The van der Waals surface area contributed by atoms with Crippen LogP contribution in [0.4, 0.5) is 4.39 Å². The van der Waals surface area contributed by atoms with Gasteiger partial charge in [0.05, 0.1) is 14.2 Å². The van der Waals surface area contributed by atoms with Crippen LogP contribution in [0, 0.1) is 5.82 Å². The number of rotatable bonds is 4. The van der Waals surface area contributed by atoms with Crippen LogP contribution >= 0.6 is 0 Å². The van der Waals surface area contributed by atoms with E-state index in [4.69, 9.17) is 15.2 Å². The van der Waals surface area contributed by atoms with Gasteiger partial charge in [-0.15, -0.1) is 0 Å². The predicted molar refractivity (Wildman–Crippen MR) is 59.4 cm³/mol. The van der Waals surface area contributed by atoms with Gasteiger partial charge in [-0.25, -0.2) is 4.39 Å². The maximum absolute atomic E-state index is 13.4. The van der Waals surface area contributed by atoms with Gasteiger partial charge in [-0.1, -0.05) is 0 Å². The van der Waals surface area contributed by atoms with E-state index in [1.807, 2.05) is 0 Å². The summed E-state index contributed by atoms with van der Waals surface area (Å²) >= 11 is 0. The lowest BCUT2D eigenvalue weighted by Crippen LogP contribution is -2.24. The molecule has 2 rings (SSSR count). The summed E-state index contributed by atoms with van der Waals surface area (Å²) in [5, 5.41) is 0. The van der Waals surface area contributed by atoms with E-state index in [0.717, 1.165) is 18.4 Å². The van der Waals surface area contributed by atoms with Crippen LogP contribution in [-0.2, 0) is 6.42 Å². The fraction of sp³-hybridized carbons (Fsp3) is 0.500. The van der Waals surface area contributed by atoms with Gasteiger partial charge in [0, 0.05) is 11.6 Å². The highest BCUT2D eigenvalue weighted by Gasteiger charge is 2.38. The molecule has 0 heterocycles. The first-order valence-corrected chi connectivity index (χ1v) is 5.27. The molecule has 0 aromatic heterocycles. The second-order valence-corrected chi connectivity index (χ2v) is 4.34. The van der Waals surface area contributed by atoms with Gasteiger partial charge in [0.2, 0.25) is 0 Å². The van der Waals surface area contributed by atoms with Gasteiger partial charge in [-0.2, -0.15) is 0 Å². The summed E-state index contributed by atoms with van der Waals surface area (Å²) in [4.78, 5) is 0. The quantitative estimate of drug-likeness (QED) is 0.850. The minimum Gasteiger partial charge on any atom is -0.496 e. The second kappa shape index (κ2) is 3.94. The van der Waals surface area contributed by atoms with E-state index < -0.39 is 5.82 Å². The van der Waals surface area contributed by atoms with Crippen LogP contribution in [0.5, 0.6) is 11.5 Å². The van der Waals surface area contributed by atoms with Crippen molar-refractivity contribution >= 4 is 0 Å². The maximum atomic E-state index is 13.4. The number of hydrogen-bond donors (Lipinski definition) is 1. The molecule has 16 heavy (non-hydrogen) atoms. The van der Waals surface area contributed by atoms with Crippen LogP contribution in [0.15, 0.2) is 12.1 Å². The number of nitrogens with two attached hydrogens (primary N) is 1. The monoisotopic (exact) mass is 225 g/mol. The van der Waals surface area contributed by atoms with Crippen molar-refractivity contribution in [3.8, 4) is 11.5 Å². The van der Waals surface area contributed by atoms with Gasteiger partial charge >= 0.3 is 0 Å². The van der Waals surface area contributed by atoms with Gasteiger partial charge in [0.15, 0.2) is 11.6 Å². The molecule has 0 bridgehead atoms. The Morgan fingerprint density at radius 2 is 1.88 bits per heavy atom. The van der Waals surface area contributed by atoms with Crippen LogP contribution in [0.25, 0.3) is 0 Å². The highest BCUT2D eigenvalue weighted by Crippen LogP contribution is 2.39. The minimum absolute atomic E-state index is 0.129. The molecular formula is C12H16FNO2. The van der Waals surface area contributed by atoms with Crippen molar-refractivity contribution in [1.82, 2.24) is 0 Å². The van der Waals surface area contributed by atoms with E-state index in [0.29, 0.717) is 12.2 Å². The fourth-order valence-electron chi connectivity index (χ4n) is 1.78. The molecule has 2 N–H and O–H groups in total. The maximum Gasteiger partial charge on any atom is 0.168 e. The van der Waals surface area contributed by atoms with E-state index in [9.17, 15) is 4.39 Å². The number of benzene rings is 1. The van der Waals surface area contributed by atoms with Gasteiger partial charge in [-0.05, 0) is 30.9 Å². The average molecular weight is 225 g/mol.